The molecule has 0 unspecified atom stereocenters. The van der Waals surface area contributed by atoms with Crippen molar-refractivity contribution >= 4 is 11.8 Å². The molecule has 172 valence electrons. The maximum absolute atomic E-state index is 12.8. The molecule has 0 aliphatic carbocycles. The number of hydrogen-bond acceptors (Lipinski definition) is 6. The number of unbranched alkanes of at least 4 members (excludes halogenated alkanes) is 1. The van der Waals surface area contributed by atoms with Crippen LogP contribution in [0.2, 0.25) is 0 Å². The minimum Gasteiger partial charge on any atom is -0.494 e. The Morgan fingerprint density at radius 2 is 1.76 bits per heavy atom. The van der Waals surface area contributed by atoms with Crippen molar-refractivity contribution in [2.75, 3.05) is 20.0 Å². The van der Waals surface area contributed by atoms with Gasteiger partial charge in [-0.25, -0.2) is 4.79 Å². The van der Waals surface area contributed by atoms with Crippen LogP contribution in [-0.2, 0) is 4.74 Å². The molecule has 0 N–H and O–H groups in total. The lowest BCUT2D eigenvalue weighted by Gasteiger charge is -2.11. The number of carbonyl (C=O) groups excluding carboxylic acids is 2. The van der Waals surface area contributed by atoms with Gasteiger partial charge in [0.25, 0.3) is 0 Å². The van der Waals surface area contributed by atoms with E-state index in [1.165, 1.54) is 0 Å². The molecule has 1 aliphatic heterocycles. The molecule has 0 amide bonds. The van der Waals surface area contributed by atoms with Gasteiger partial charge in [0.1, 0.15) is 5.75 Å². The predicted octanol–water partition coefficient (Wildman–Crippen LogP) is 5.04. The lowest BCUT2D eigenvalue weighted by molar-refractivity contribution is 0.0474. The van der Waals surface area contributed by atoms with Gasteiger partial charge in [0.2, 0.25) is 12.6 Å². The molecule has 2 aromatic carbocycles. The Morgan fingerprint density at radius 1 is 1.00 bits per heavy atom. The SMILES string of the molecule is CCCCOc1ccc(C(=O)OCC(=O)c2cc(C)n(-c3ccc4c(c3)OCO4)c2C)cc1. The molecule has 0 saturated carbocycles. The molecule has 3 aromatic rings. The molecule has 1 aliphatic rings. The average molecular weight is 450 g/mol. The second-order valence-corrected chi connectivity index (χ2v) is 7.88. The molecule has 1 aromatic heterocycles. The number of benzene rings is 2. The molecule has 0 atom stereocenters. The van der Waals surface area contributed by atoms with E-state index in [1.807, 2.05) is 36.6 Å². The van der Waals surface area contributed by atoms with Gasteiger partial charge in [-0.05, 0) is 62.7 Å². The van der Waals surface area contributed by atoms with E-state index in [9.17, 15) is 9.59 Å². The highest BCUT2D eigenvalue weighted by atomic mass is 16.7. The van der Waals surface area contributed by atoms with Crippen molar-refractivity contribution in [3.05, 3.63) is 71.0 Å². The number of hydrogen-bond donors (Lipinski definition) is 0. The molecule has 4 rings (SSSR count). The van der Waals surface area contributed by atoms with Crippen LogP contribution >= 0.6 is 0 Å². The number of carbonyl (C=O) groups is 2. The summed E-state index contributed by atoms with van der Waals surface area (Å²) in [5.74, 6) is 1.26. The molecule has 0 radical (unpaired) electrons. The number of aromatic nitrogens is 1. The van der Waals surface area contributed by atoms with Crippen molar-refractivity contribution < 1.29 is 28.5 Å². The fourth-order valence-electron chi connectivity index (χ4n) is 3.78. The maximum atomic E-state index is 12.8. The standard InChI is InChI=1S/C26H27NO6/c1-4-5-12-30-21-9-6-19(7-10-21)26(29)31-15-23(28)22-13-17(2)27(18(22)3)20-8-11-24-25(14-20)33-16-32-24/h6-11,13-14H,4-5,12,15-16H2,1-3H3. The maximum Gasteiger partial charge on any atom is 0.338 e. The Kier molecular flexibility index (Phi) is 6.68. The van der Waals surface area contributed by atoms with Crippen molar-refractivity contribution in [1.82, 2.24) is 4.57 Å². The number of fused-ring (bicyclic) bond motifs is 1. The van der Waals surface area contributed by atoms with Crippen molar-refractivity contribution in [2.45, 2.75) is 33.6 Å². The average Bonchev–Trinajstić information content (AvgIpc) is 3.41. The molecule has 2 heterocycles. The zero-order valence-corrected chi connectivity index (χ0v) is 19.1. The van der Waals surface area contributed by atoms with E-state index in [0.717, 1.165) is 29.9 Å². The van der Waals surface area contributed by atoms with Gasteiger partial charge >= 0.3 is 5.97 Å². The van der Waals surface area contributed by atoms with Crippen molar-refractivity contribution in [1.29, 1.82) is 0 Å². The van der Waals surface area contributed by atoms with E-state index >= 15 is 0 Å². The third-order valence-electron chi connectivity index (χ3n) is 5.54. The molecule has 7 heteroatoms. The summed E-state index contributed by atoms with van der Waals surface area (Å²) in [5, 5.41) is 0. The summed E-state index contributed by atoms with van der Waals surface area (Å²) in [6.45, 7) is 6.39. The van der Waals surface area contributed by atoms with Crippen LogP contribution < -0.4 is 14.2 Å². The van der Waals surface area contributed by atoms with Crippen LogP contribution in [0.25, 0.3) is 5.69 Å². The summed E-state index contributed by atoms with van der Waals surface area (Å²) >= 11 is 0. The van der Waals surface area contributed by atoms with Gasteiger partial charge < -0.3 is 23.5 Å². The first-order chi connectivity index (χ1) is 16.0. The lowest BCUT2D eigenvalue weighted by Crippen LogP contribution is -2.15. The molecule has 0 saturated heterocycles. The number of rotatable bonds is 9. The van der Waals surface area contributed by atoms with Gasteiger partial charge in [-0.3, -0.25) is 4.79 Å². The van der Waals surface area contributed by atoms with E-state index in [4.69, 9.17) is 18.9 Å². The number of esters is 1. The highest BCUT2D eigenvalue weighted by Gasteiger charge is 2.20. The van der Waals surface area contributed by atoms with Crippen LogP contribution in [0.15, 0.2) is 48.5 Å². The number of ether oxygens (including phenoxy) is 4. The molecule has 7 nitrogen and oxygen atoms in total. The normalized spacial score (nSPS) is 12.0. The second-order valence-electron chi connectivity index (χ2n) is 7.88. The first-order valence-electron chi connectivity index (χ1n) is 11.0. The Morgan fingerprint density at radius 3 is 2.52 bits per heavy atom. The molecule has 0 spiro atoms. The van der Waals surface area contributed by atoms with Crippen molar-refractivity contribution in [3.8, 4) is 22.9 Å². The Hall–Kier alpha value is -3.74. The minimum atomic E-state index is -0.548. The van der Waals surface area contributed by atoms with Crippen LogP contribution in [0.5, 0.6) is 17.2 Å². The summed E-state index contributed by atoms with van der Waals surface area (Å²) < 4.78 is 23.7. The predicted molar refractivity (Wildman–Crippen MR) is 123 cm³/mol. The Bertz CT molecular complexity index is 1160. The summed E-state index contributed by atoms with van der Waals surface area (Å²) in [4.78, 5) is 25.2. The Labute approximate surface area is 192 Å². The van der Waals surface area contributed by atoms with E-state index in [-0.39, 0.29) is 19.2 Å². The molecule has 0 bridgehead atoms. The zero-order valence-electron chi connectivity index (χ0n) is 19.1. The van der Waals surface area contributed by atoms with E-state index in [2.05, 4.69) is 6.92 Å². The minimum absolute atomic E-state index is 0.201. The fraction of sp³-hybridized carbons (Fsp3) is 0.308. The van der Waals surface area contributed by atoms with Gasteiger partial charge in [0.05, 0.1) is 12.2 Å². The number of ketones is 1. The molecule has 0 fully saturated rings. The molecular weight excluding hydrogens is 422 g/mol. The highest BCUT2D eigenvalue weighted by Crippen LogP contribution is 2.35. The summed E-state index contributed by atoms with van der Waals surface area (Å²) in [7, 11) is 0. The van der Waals surface area contributed by atoms with Gasteiger partial charge in [0.15, 0.2) is 18.1 Å². The van der Waals surface area contributed by atoms with E-state index in [0.29, 0.717) is 35.0 Å². The third kappa shape index (κ3) is 4.87. The highest BCUT2D eigenvalue weighted by molar-refractivity contribution is 6.00. The van der Waals surface area contributed by atoms with Gasteiger partial charge in [-0.2, -0.15) is 0 Å². The quantitative estimate of drug-likeness (QED) is 0.259. The van der Waals surface area contributed by atoms with Crippen LogP contribution in [0.1, 0.15) is 51.9 Å². The van der Waals surface area contributed by atoms with Gasteiger partial charge in [-0.15, -0.1) is 0 Å². The summed E-state index contributed by atoms with van der Waals surface area (Å²) in [5.41, 5.74) is 3.40. The second kappa shape index (κ2) is 9.81. The molecular formula is C26H27NO6. The topological polar surface area (TPSA) is 76.0 Å². The van der Waals surface area contributed by atoms with Crippen LogP contribution in [0, 0.1) is 13.8 Å². The lowest BCUT2D eigenvalue weighted by atomic mass is 10.1. The van der Waals surface area contributed by atoms with Crippen LogP contribution in [0.3, 0.4) is 0 Å². The van der Waals surface area contributed by atoms with Crippen molar-refractivity contribution in [3.63, 3.8) is 0 Å². The molecule has 33 heavy (non-hydrogen) atoms. The zero-order chi connectivity index (χ0) is 23.4. The van der Waals surface area contributed by atoms with Crippen LogP contribution in [0.4, 0.5) is 0 Å². The van der Waals surface area contributed by atoms with Gasteiger partial charge in [0, 0.05) is 28.7 Å². The first kappa shape index (κ1) is 22.5. The third-order valence-corrected chi connectivity index (χ3v) is 5.54. The number of aryl methyl sites for hydroxylation is 1. The summed E-state index contributed by atoms with van der Waals surface area (Å²) in [6, 6.07) is 14.2. The first-order valence-corrected chi connectivity index (χ1v) is 11.0. The fourth-order valence-corrected chi connectivity index (χ4v) is 3.78. The Balaban J connectivity index is 1.41. The smallest absolute Gasteiger partial charge is 0.338 e. The monoisotopic (exact) mass is 449 g/mol. The number of Topliss-reactive ketones (excluding diaryl/α,β-unsaturated/α-hetero) is 1. The van der Waals surface area contributed by atoms with Crippen LogP contribution in [-0.4, -0.2) is 36.3 Å². The summed E-state index contributed by atoms with van der Waals surface area (Å²) in [6.07, 6.45) is 2.03. The van der Waals surface area contributed by atoms with E-state index in [1.54, 1.807) is 30.3 Å². The largest absolute Gasteiger partial charge is 0.494 e. The van der Waals surface area contributed by atoms with Crippen molar-refractivity contribution in [2.24, 2.45) is 0 Å². The number of nitrogens with zero attached hydrogens (tertiary/aromatic N) is 1. The van der Waals surface area contributed by atoms with Gasteiger partial charge in [-0.1, -0.05) is 13.3 Å². The van der Waals surface area contributed by atoms with E-state index < -0.39 is 5.97 Å².